The van der Waals surface area contributed by atoms with Crippen LogP contribution in [-0.2, 0) is 4.79 Å². The third-order valence-corrected chi connectivity index (χ3v) is 3.80. The van der Waals surface area contributed by atoms with Crippen LogP contribution < -0.4 is 5.32 Å². The zero-order chi connectivity index (χ0) is 14.0. The molecule has 0 aliphatic carbocycles. The SMILES string of the molecule is O=C(O)CC1CN(C(=O)Nc2cc(Cl)ccc2Br)C1. The molecule has 0 aromatic heterocycles. The second-order valence-corrected chi connectivity index (χ2v) is 5.71. The summed E-state index contributed by atoms with van der Waals surface area (Å²) >= 11 is 9.18. The Balaban J connectivity index is 1.89. The molecular weight excluding hydrogens is 335 g/mol. The number of carboxylic acids is 1. The van der Waals surface area contributed by atoms with Crippen molar-refractivity contribution in [1.82, 2.24) is 4.90 Å². The highest BCUT2D eigenvalue weighted by molar-refractivity contribution is 9.10. The van der Waals surface area contributed by atoms with E-state index in [1.54, 1.807) is 23.1 Å². The predicted octanol–water partition coefficient (Wildman–Crippen LogP) is 3.04. The number of carbonyl (C=O) groups is 2. The molecule has 1 heterocycles. The lowest BCUT2D eigenvalue weighted by molar-refractivity contribution is -0.139. The fourth-order valence-corrected chi connectivity index (χ4v) is 2.42. The monoisotopic (exact) mass is 346 g/mol. The number of hydrogen-bond donors (Lipinski definition) is 2. The molecule has 0 atom stereocenters. The van der Waals surface area contributed by atoms with E-state index in [2.05, 4.69) is 21.2 Å². The van der Waals surface area contributed by atoms with E-state index in [0.717, 1.165) is 4.47 Å². The molecule has 2 amide bonds. The molecule has 102 valence electrons. The first kappa shape index (κ1) is 14.1. The second-order valence-electron chi connectivity index (χ2n) is 4.42. The number of nitrogens with zero attached hydrogens (tertiary/aromatic N) is 1. The third kappa shape index (κ3) is 3.61. The summed E-state index contributed by atoms with van der Waals surface area (Å²) in [6, 6.07) is 4.87. The fourth-order valence-electron chi connectivity index (χ4n) is 1.90. The molecule has 0 spiro atoms. The number of carbonyl (C=O) groups excluding carboxylic acids is 1. The number of amides is 2. The summed E-state index contributed by atoms with van der Waals surface area (Å²) < 4.78 is 0.743. The normalized spacial score (nSPS) is 14.9. The van der Waals surface area contributed by atoms with Gasteiger partial charge in [-0.3, -0.25) is 4.79 Å². The van der Waals surface area contributed by atoms with Crippen LogP contribution in [0.2, 0.25) is 5.02 Å². The lowest BCUT2D eigenvalue weighted by Gasteiger charge is -2.38. The van der Waals surface area contributed by atoms with Crippen molar-refractivity contribution in [2.24, 2.45) is 5.92 Å². The molecule has 1 fully saturated rings. The van der Waals surface area contributed by atoms with Crippen LogP contribution in [0, 0.1) is 5.92 Å². The van der Waals surface area contributed by atoms with E-state index in [1.165, 1.54) is 0 Å². The highest BCUT2D eigenvalue weighted by Gasteiger charge is 2.32. The van der Waals surface area contributed by atoms with Gasteiger partial charge in [0, 0.05) is 28.5 Å². The lowest BCUT2D eigenvalue weighted by atomic mass is 9.97. The molecule has 2 N–H and O–H groups in total. The van der Waals surface area contributed by atoms with E-state index >= 15 is 0 Å². The number of likely N-dealkylation sites (tertiary alicyclic amines) is 1. The molecule has 1 aliphatic rings. The molecular formula is C12H12BrClN2O3. The number of hydrogen-bond acceptors (Lipinski definition) is 2. The fraction of sp³-hybridized carbons (Fsp3) is 0.333. The van der Waals surface area contributed by atoms with E-state index in [-0.39, 0.29) is 18.4 Å². The van der Waals surface area contributed by atoms with Gasteiger partial charge >= 0.3 is 12.0 Å². The molecule has 7 heteroatoms. The molecule has 0 bridgehead atoms. The predicted molar refractivity (Wildman–Crippen MR) is 75.5 cm³/mol. The maximum absolute atomic E-state index is 11.9. The van der Waals surface area contributed by atoms with E-state index in [4.69, 9.17) is 16.7 Å². The highest BCUT2D eigenvalue weighted by atomic mass is 79.9. The Labute approximate surface area is 123 Å². The maximum atomic E-state index is 11.9. The van der Waals surface area contributed by atoms with Crippen LogP contribution >= 0.6 is 27.5 Å². The Morgan fingerprint density at radius 2 is 2.16 bits per heavy atom. The topological polar surface area (TPSA) is 69.6 Å². The van der Waals surface area contributed by atoms with Gasteiger partial charge in [0.05, 0.1) is 12.1 Å². The number of urea groups is 1. The number of carboxylic acid groups (broad SMARTS) is 1. The average molecular weight is 348 g/mol. The summed E-state index contributed by atoms with van der Waals surface area (Å²) in [5, 5.41) is 11.9. The molecule has 0 saturated carbocycles. The van der Waals surface area contributed by atoms with Gasteiger partial charge in [-0.05, 0) is 34.1 Å². The van der Waals surface area contributed by atoms with Crippen molar-refractivity contribution < 1.29 is 14.7 Å². The smallest absolute Gasteiger partial charge is 0.321 e. The number of benzene rings is 1. The first-order chi connectivity index (χ1) is 8.95. The summed E-state index contributed by atoms with van der Waals surface area (Å²) in [5.41, 5.74) is 0.596. The molecule has 0 unspecified atom stereocenters. The Morgan fingerprint density at radius 1 is 1.47 bits per heavy atom. The summed E-state index contributed by atoms with van der Waals surface area (Å²) in [7, 11) is 0. The first-order valence-corrected chi connectivity index (χ1v) is 6.85. The summed E-state index contributed by atoms with van der Waals surface area (Å²) in [4.78, 5) is 24.0. The molecule has 1 aromatic carbocycles. The Hall–Kier alpha value is -1.27. The lowest BCUT2D eigenvalue weighted by Crippen LogP contribution is -2.52. The summed E-state index contributed by atoms with van der Waals surface area (Å²) in [5.74, 6) is -0.784. The minimum Gasteiger partial charge on any atom is -0.481 e. The first-order valence-electron chi connectivity index (χ1n) is 5.68. The van der Waals surface area contributed by atoms with Crippen LogP contribution in [0.5, 0.6) is 0 Å². The van der Waals surface area contributed by atoms with Gasteiger partial charge in [0.15, 0.2) is 0 Å². The van der Waals surface area contributed by atoms with Crippen LogP contribution in [0.4, 0.5) is 10.5 Å². The highest BCUT2D eigenvalue weighted by Crippen LogP contribution is 2.27. The number of rotatable bonds is 3. The van der Waals surface area contributed by atoms with Gasteiger partial charge in [0.1, 0.15) is 0 Å². The number of aliphatic carboxylic acids is 1. The molecule has 0 radical (unpaired) electrons. The van der Waals surface area contributed by atoms with E-state index in [0.29, 0.717) is 23.8 Å². The van der Waals surface area contributed by atoms with E-state index in [1.807, 2.05) is 0 Å². The van der Waals surface area contributed by atoms with Crippen LogP contribution in [-0.4, -0.2) is 35.1 Å². The van der Waals surface area contributed by atoms with Gasteiger partial charge in [-0.25, -0.2) is 4.79 Å². The Morgan fingerprint density at radius 3 is 2.79 bits per heavy atom. The van der Waals surface area contributed by atoms with Gasteiger partial charge in [0.2, 0.25) is 0 Å². The average Bonchev–Trinajstić information content (AvgIpc) is 2.27. The molecule has 1 aliphatic heterocycles. The minimum atomic E-state index is -0.831. The van der Waals surface area contributed by atoms with Crippen molar-refractivity contribution in [2.45, 2.75) is 6.42 Å². The van der Waals surface area contributed by atoms with Gasteiger partial charge in [-0.1, -0.05) is 11.6 Å². The number of nitrogens with one attached hydrogen (secondary N) is 1. The van der Waals surface area contributed by atoms with Crippen molar-refractivity contribution >= 4 is 45.2 Å². The second kappa shape index (κ2) is 5.79. The van der Waals surface area contributed by atoms with Crippen molar-refractivity contribution in [2.75, 3.05) is 18.4 Å². The van der Waals surface area contributed by atoms with Crippen LogP contribution in [0.25, 0.3) is 0 Å². The maximum Gasteiger partial charge on any atom is 0.321 e. The minimum absolute atomic E-state index is 0.0473. The van der Waals surface area contributed by atoms with Crippen molar-refractivity contribution in [3.8, 4) is 0 Å². The third-order valence-electron chi connectivity index (χ3n) is 2.88. The van der Waals surface area contributed by atoms with E-state index < -0.39 is 5.97 Å². The molecule has 1 aromatic rings. The van der Waals surface area contributed by atoms with Crippen molar-refractivity contribution in [1.29, 1.82) is 0 Å². The van der Waals surface area contributed by atoms with Gasteiger partial charge < -0.3 is 15.3 Å². The van der Waals surface area contributed by atoms with Gasteiger partial charge in [0.25, 0.3) is 0 Å². The number of halogens is 2. The van der Waals surface area contributed by atoms with E-state index in [9.17, 15) is 9.59 Å². The van der Waals surface area contributed by atoms with Crippen LogP contribution in [0.1, 0.15) is 6.42 Å². The molecule has 5 nitrogen and oxygen atoms in total. The molecule has 2 rings (SSSR count). The number of anilines is 1. The zero-order valence-electron chi connectivity index (χ0n) is 9.90. The quantitative estimate of drug-likeness (QED) is 0.883. The standard InChI is InChI=1S/C12H12BrClN2O3/c13-9-2-1-8(14)4-10(9)15-12(19)16-5-7(6-16)3-11(17)18/h1-2,4,7H,3,5-6H2,(H,15,19)(H,17,18). The van der Waals surface area contributed by atoms with Crippen LogP contribution in [0.15, 0.2) is 22.7 Å². The summed E-state index contributed by atoms with van der Waals surface area (Å²) in [6.07, 6.45) is 0.102. The van der Waals surface area contributed by atoms with Gasteiger partial charge in [-0.15, -0.1) is 0 Å². The van der Waals surface area contributed by atoms with Crippen molar-refractivity contribution in [3.63, 3.8) is 0 Å². The molecule has 19 heavy (non-hydrogen) atoms. The van der Waals surface area contributed by atoms with Gasteiger partial charge in [-0.2, -0.15) is 0 Å². The van der Waals surface area contributed by atoms with Crippen molar-refractivity contribution in [3.05, 3.63) is 27.7 Å². The summed E-state index contributed by atoms with van der Waals surface area (Å²) in [6.45, 7) is 0.937. The zero-order valence-corrected chi connectivity index (χ0v) is 12.2. The Kier molecular flexibility index (Phi) is 4.31. The largest absolute Gasteiger partial charge is 0.481 e. The Bertz CT molecular complexity index is 518. The van der Waals surface area contributed by atoms with Crippen LogP contribution in [0.3, 0.4) is 0 Å². The molecule has 1 saturated heterocycles.